The molecular weight excluding hydrogens is 579 g/mol. The highest BCUT2D eigenvalue weighted by molar-refractivity contribution is 7.26. The smallest absolute Gasteiger partial charge is 0.164 e. The van der Waals surface area contributed by atoms with Crippen LogP contribution < -0.4 is 0 Å². The largest absolute Gasteiger partial charge is 0.209 e. The molecule has 9 rings (SSSR count). The molecule has 9 aromatic rings. The third-order valence-electron chi connectivity index (χ3n) is 8.86. The Bertz CT molecular complexity index is 2630. The highest BCUT2D eigenvalue weighted by Gasteiger charge is 2.17. The molecule has 46 heavy (non-hydrogen) atoms. The maximum Gasteiger partial charge on any atom is 0.164 e. The predicted octanol–water partition coefficient (Wildman–Crippen LogP) is 11.7. The zero-order valence-electron chi connectivity index (χ0n) is 25.2. The number of hydrogen-bond acceptors (Lipinski definition) is 4. The second-order valence-electron chi connectivity index (χ2n) is 11.8. The van der Waals surface area contributed by atoms with Crippen LogP contribution in [0.1, 0.15) is 12.7 Å². The second-order valence-corrected chi connectivity index (χ2v) is 12.9. The quantitative estimate of drug-likeness (QED) is 0.187. The van der Waals surface area contributed by atoms with E-state index in [4.69, 9.17) is 15.0 Å². The van der Waals surface area contributed by atoms with Gasteiger partial charge in [-0.25, -0.2) is 15.0 Å². The molecule has 3 nitrogen and oxygen atoms in total. The van der Waals surface area contributed by atoms with E-state index in [1.54, 1.807) is 11.3 Å². The predicted molar refractivity (Wildman–Crippen MR) is 196 cm³/mol. The van der Waals surface area contributed by atoms with Gasteiger partial charge in [-0.3, -0.25) is 0 Å². The summed E-state index contributed by atoms with van der Waals surface area (Å²) in [4.78, 5) is 14.7. The van der Waals surface area contributed by atoms with Crippen molar-refractivity contribution in [2.24, 2.45) is 0 Å². The minimum Gasteiger partial charge on any atom is -0.209 e. The molecule has 0 aliphatic carbocycles. The van der Waals surface area contributed by atoms with Crippen molar-refractivity contribution < 1.29 is 0 Å². The molecule has 7 aromatic carbocycles. The van der Waals surface area contributed by atoms with Gasteiger partial charge in [0.1, 0.15) is 0 Å². The lowest BCUT2D eigenvalue weighted by atomic mass is 9.92. The van der Waals surface area contributed by atoms with Gasteiger partial charge in [0.2, 0.25) is 0 Å². The maximum atomic E-state index is 5.00. The molecule has 0 amide bonds. The number of rotatable bonds is 4. The van der Waals surface area contributed by atoms with Crippen molar-refractivity contribution in [1.29, 1.82) is 0 Å². The summed E-state index contributed by atoms with van der Waals surface area (Å²) in [5, 5.41) is 10.1. The molecule has 4 heteroatoms. The standard InChI is InChI=1S/C42H27N3S/c1-25(2)40-43-41(26-11-4-3-5-12-26)45-42(44-40)34-17-10-18-38-39(34)36-24-28(20-22-37(36)46-38)27-19-21-33-31-15-7-6-13-29(31)30-14-8-9-16-32(30)35(33)23-27/h3-24H,1H2,2H3. The first-order valence-corrected chi connectivity index (χ1v) is 16.2. The van der Waals surface area contributed by atoms with Crippen molar-refractivity contribution >= 4 is 69.4 Å². The molecule has 0 spiro atoms. The van der Waals surface area contributed by atoms with E-state index in [0.29, 0.717) is 17.5 Å². The van der Waals surface area contributed by atoms with Crippen molar-refractivity contribution in [3.8, 4) is 33.9 Å². The highest BCUT2D eigenvalue weighted by atomic mass is 32.1. The van der Waals surface area contributed by atoms with E-state index in [0.717, 1.165) is 16.7 Å². The Balaban J connectivity index is 1.26. The van der Waals surface area contributed by atoms with Crippen LogP contribution in [0.15, 0.2) is 140 Å². The van der Waals surface area contributed by atoms with Gasteiger partial charge >= 0.3 is 0 Å². The number of benzene rings is 7. The molecule has 0 fully saturated rings. The minimum atomic E-state index is 0.608. The topological polar surface area (TPSA) is 38.7 Å². The van der Waals surface area contributed by atoms with Crippen molar-refractivity contribution in [1.82, 2.24) is 15.0 Å². The van der Waals surface area contributed by atoms with Gasteiger partial charge in [-0.2, -0.15) is 0 Å². The number of hydrogen-bond donors (Lipinski definition) is 0. The van der Waals surface area contributed by atoms with Crippen molar-refractivity contribution in [2.75, 3.05) is 0 Å². The lowest BCUT2D eigenvalue weighted by Crippen LogP contribution is -2.01. The monoisotopic (exact) mass is 605 g/mol. The lowest BCUT2D eigenvalue weighted by Gasteiger charge is -2.12. The summed E-state index contributed by atoms with van der Waals surface area (Å²) < 4.78 is 2.44. The van der Waals surface area contributed by atoms with E-state index in [9.17, 15) is 0 Å². The fraction of sp³-hybridized carbons (Fsp3) is 0.0238. The first-order chi connectivity index (χ1) is 22.6. The van der Waals surface area contributed by atoms with Crippen LogP contribution in [-0.2, 0) is 0 Å². The Labute approximate surface area is 270 Å². The van der Waals surface area contributed by atoms with Crippen LogP contribution in [0.4, 0.5) is 0 Å². The van der Waals surface area contributed by atoms with Gasteiger partial charge in [0, 0.05) is 31.3 Å². The Hall–Kier alpha value is -5.71. The summed E-state index contributed by atoms with van der Waals surface area (Å²) in [5.41, 5.74) is 5.14. The summed E-state index contributed by atoms with van der Waals surface area (Å²) in [5.74, 6) is 1.92. The van der Waals surface area contributed by atoms with E-state index >= 15 is 0 Å². The maximum absolute atomic E-state index is 5.00. The number of thiophene rings is 1. The van der Waals surface area contributed by atoms with Crippen LogP contribution in [0.5, 0.6) is 0 Å². The third kappa shape index (κ3) is 4.22. The first kappa shape index (κ1) is 26.7. The molecule has 0 saturated carbocycles. The van der Waals surface area contributed by atoms with Crippen LogP contribution in [0.25, 0.3) is 92.0 Å². The molecule has 0 N–H and O–H groups in total. The van der Waals surface area contributed by atoms with Crippen molar-refractivity contribution in [3.63, 3.8) is 0 Å². The van der Waals surface area contributed by atoms with Crippen LogP contribution in [-0.4, -0.2) is 15.0 Å². The van der Waals surface area contributed by atoms with Gasteiger partial charge < -0.3 is 0 Å². The SMILES string of the molecule is C=C(C)c1nc(-c2ccccc2)nc(-c2cccc3sc4ccc(-c5ccc6c7ccccc7c7ccccc7c6c5)cc4c23)n1. The van der Waals surface area contributed by atoms with Gasteiger partial charge in [0.25, 0.3) is 0 Å². The molecule has 2 aromatic heterocycles. The van der Waals surface area contributed by atoms with Gasteiger partial charge in [0.05, 0.1) is 0 Å². The Morgan fingerprint density at radius 3 is 1.76 bits per heavy atom. The van der Waals surface area contributed by atoms with Gasteiger partial charge in [-0.05, 0) is 80.2 Å². The van der Waals surface area contributed by atoms with Gasteiger partial charge in [0.15, 0.2) is 17.5 Å². The molecule has 0 saturated heterocycles. The zero-order chi connectivity index (χ0) is 30.8. The molecule has 0 aliphatic rings. The van der Waals surface area contributed by atoms with Gasteiger partial charge in [-0.1, -0.05) is 116 Å². The Morgan fingerprint density at radius 1 is 0.478 bits per heavy atom. The lowest BCUT2D eigenvalue weighted by molar-refractivity contribution is 1.03. The van der Waals surface area contributed by atoms with Crippen LogP contribution >= 0.6 is 11.3 Å². The second kappa shape index (κ2) is 10.4. The van der Waals surface area contributed by atoms with E-state index in [-0.39, 0.29) is 0 Å². The molecule has 0 aliphatic heterocycles. The Kier molecular flexibility index (Phi) is 6.05. The van der Waals surface area contributed by atoms with Crippen molar-refractivity contribution in [3.05, 3.63) is 146 Å². The number of nitrogens with zero attached hydrogens (tertiary/aromatic N) is 3. The van der Waals surface area contributed by atoms with Gasteiger partial charge in [-0.15, -0.1) is 11.3 Å². The van der Waals surface area contributed by atoms with Crippen LogP contribution in [0, 0.1) is 0 Å². The summed E-state index contributed by atoms with van der Waals surface area (Å²) in [6, 6.07) is 47.7. The first-order valence-electron chi connectivity index (χ1n) is 15.4. The summed E-state index contributed by atoms with van der Waals surface area (Å²) in [6.45, 7) is 6.09. The minimum absolute atomic E-state index is 0.608. The fourth-order valence-corrected chi connectivity index (χ4v) is 7.80. The van der Waals surface area contributed by atoms with E-state index in [2.05, 4.69) is 110 Å². The molecule has 216 valence electrons. The summed E-state index contributed by atoms with van der Waals surface area (Å²) in [7, 11) is 0. The number of allylic oxidation sites excluding steroid dienone is 1. The normalized spacial score (nSPS) is 11.7. The molecule has 0 unspecified atom stereocenters. The van der Waals surface area contributed by atoms with Crippen molar-refractivity contribution in [2.45, 2.75) is 6.92 Å². The van der Waals surface area contributed by atoms with Crippen LogP contribution in [0.3, 0.4) is 0 Å². The molecule has 0 atom stereocenters. The van der Waals surface area contributed by atoms with E-state index < -0.39 is 0 Å². The number of fused-ring (bicyclic) bond motifs is 9. The van der Waals surface area contributed by atoms with E-state index in [1.807, 2.05) is 37.3 Å². The third-order valence-corrected chi connectivity index (χ3v) is 10.00. The summed E-state index contributed by atoms with van der Waals surface area (Å²) in [6.07, 6.45) is 0. The average Bonchev–Trinajstić information content (AvgIpc) is 3.50. The fourth-order valence-electron chi connectivity index (χ4n) is 6.68. The molecule has 2 heterocycles. The highest BCUT2D eigenvalue weighted by Crippen LogP contribution is 2.42. The number of aromatic nitrogens is 3. The molecule has 0 radical (unpaired) electrons. The van der Waals surface area contributed by atoms with Crippen LogP contribution in [0.2, 0.25) is 0 Å². The molecular formula is C42H27N3S. The zero-order valence-corrected chi connectivity index (χ0v) is 26.0. The Morgan fingerprint density at radius 2 is 1.07 bits per heavy atom. The molecule has 0 bridgehead atoms. The van der Waals surface area contributed by atoms with E-state index in [1.165, 1.54) is 63.6 Å². The summed E-state index contributed by atoms with van der Waals surface area (Å²) >= 11 is 1.80. The average molecular weight is 606 g/mol.